The predicted octanol–water partition coefficient (Wildman–Crippen LogP) is 4.01. The van der Waals surface area contributed by atoms with Crippen molar-refractivity contribution in [1.82, 2.24) is 15.2 Å². The van der Waals surface area contributed by atoms with Gasteiger partial charge in [0.25, 0.3) is 5.91 Å². The van der Waals surface area contributed by atoms with Crippen molar-refractivity contribution in [2.45, 2.75) is 39.7 Å². The van der Waals surface area contributed by atoms with Crippen LogP contribution >= 0.6 is 34.5 Å². The maximum Gasteiger partial charge on any atom is 0.254 e. The van der Waals surface area contributed by atoms with Gasteiger partial charge in [-0.2, -0.15) is 0 Å². The van der Waals surface area contributed by atoms with E-state index in [2.05, 4.69) is 15.6 Å². The van der Waals surface area contributed by atoms with Gasteiger partial charge in [-0.15, -0.1) is 11.3 Å². The Kier molecular flexibility index (Phi) is 9.08. The van der Waals surface area contributed by atoms with Gasteiger partial charge in [0.05, 0.1) is 22.2 Å². The molecular weight excluding hydrogens is 447 g/mol. The van der Waals surface area contributed by atoms with Crippen LogP contribution in [0.4, 0.5) is 5.13 Å². The Morgan fingerprint density at radius 1 is 1.17 bits per heavy atom. The Balaban J connectivity index is 1.99. The molecule has 0 radical (unpaired) electrons. The third-order valence-electron chi connectivity index (χ3n) is 3.87. The van der Waals surface area contributed by atoms with Gasteiger partial charge in [0.15, 0.2) is 5.13 Å². The highest BCUT2D eigenvalue weighted by Gasteiger charge is 2.20. The van der Waals surface area contributed by atoms with E-state index in [0.717, 1.165) is 0 Å². The molecule has 1 aromatic carbocycles. The smallest absolute Gasteiger partial charge is 0.254 e. The van der Waals surface area contributed by atoms with Gasteiger partial charge in [0.1, 0.15) is 6.54 Å². The number of thiazole rings is 1. The van der Waals surface area contributed by atoms with Crippen LogP contribution in [-0.2, 0) is 16.0 Å². The Morgan fingerprint density at radius 2 is 1.90 bits per heavy atom. The van der Waals surface area contributed by atoms with Crippen LogP contribution in [0.2, 0.25) is 10.0 Å². The number of benzene rings is 1. The molecule has 0 unspecified atom stereocenters. The van der Waals surface area contributed by atoms with Crippen LogP contribution in [0, 0.1) is 0 Å². The molecule has 0 bridgehead atoms. The second-order valence-corrected chi connectivity index (χ2v) is 8.62. The first-order chi connectivity index (χ1) is 14.2. The zero-order chi connectivity index (χ0) is 22.3. The van der Waals surface area contributed by atoms with Crippen molar-refractivity contribution in [3.63, 3.8) is 0 Å². The molecule has 2 N–H and O–H groups in total. The van der Waals surface area contributed by atoms with Gasteiger partial charge in [0, 0.05) is 23.5 Å². The van der Waals surface area contributed by atoms with Crippen molar-refractivity contribution in [3.05, 3.63) is 44.9 Å². The van der Waals surface area contributed by atoms with E-state index in [1.165, 1.54) is 22.3 Å². The number of hydrogen-bond donors (Lipinski definition) is 2. The molecular formula is C20H24Cl2N4O3S. The van der Waals surface area contributed by atoms with Crippen molar-refractivity contribution in [2.75, 3.05) is 18.4 Å². The number of nitrogens with zero attached hydrogens (tertiary/aromatic N) is 2. The number of amides is 3. The fraction of sp³-hybridized carbons (Fsp3) is 0.400. The topological polar surface area (TPSA) is 91.4 Å². The second-order valence-electron chi connectivity index (χ2n) is 6.95. The van der Waals surface area contributed by atoms with Crippen LogP contribution in [0.15, 0.2) is 23.6 Å². The quantitative estimate of drug-likeness (QED) is 0.578. The number of rotatable bonds is 9. The minimum absolute atomic E-state index is 0.0490. The van der Waals surface area contributed by atoms with Crippen LogP contribution in [0.1, 0.15) is 43.2 Å². The van der Waals surface area contributed by atoms with E-state index in [1.54, 1.807) is 17.5 Å². The Morgan fingerprint density at radius 3 is 2.53 bits per heavy atom. The lowest BCUT2D eigenvalue weighted by molar-refractivity contribution is -0.121. The lowest BCUT2D eigenvalue weighted by Gasteiger charge is -2.21. The maximum absolute atomic E-state index is 12.8. The number of hydrogen-bond acceptors (Lipinski definition) is 5. The van der Waals surface area contributed by atoms with Crippen LogP contribution in [0.3, 0.4) is 0 Å². The third-order valence-corrected chi connectivity index (χ3v) is 5.42. The Bertz CT molecular complexity index is 917. The maximum atomic E-state index is 12.8. The molecule has 30 heavy (non-hydrogen) atoms. The SMILES string of the molecule is CCCN(CC(=O)Nc1nc(CC(=O)NC(C)C)cs1)C(=O)c1ccc(Cl)c(Cl)c1. The third kappa shape index (κ3) is 7.27. The molecule has 0 aliphatic carbocycles. The van der Waals surface area contributed by atoms with E-state index < -0.39 is 0 Å². The van der Waals surface area contributed by atoms with Gasteiger partial charge in [-0.3, -0.25) is 14.4 Å². The van der Waals surface area contributed by atoms with Gasteiger partial charge in [-0.1, -0.05) is 30.1 Å². The fourth-order valence-electron chi connectivity index (χ4n) is 2.65. The van der Waals surface area contributed by atoms with Gasteiger partial charge >= 0.3 is 0 Å². The lowest BCUT2D eigenvalue weighted by atomic mass is 10.2. The monoisotopic (exact) mass is 470 g/mol. The summed E-state index contributed by atoms with van der Waals surface area (Å²) in [6.45, 7) is 5.96. The number of aromatic nitrogens is 1. The number of anilines is 1. The first-order valence-electron chi connectivity index (χ1n) is 9.47. The minimum atomic E-state index is -0.371. The van der Waals surface area contributed by atoms with Crippen LogP contribution in [-0.4, -0.2) is 46.7 Å². The molecule has 10 heteroatoms. The molecule has 2 rings (SSSR count). The number of carbonyl (C=O) groups excluding carboxylic acids is 3. The summed E-state index contributed by atoms with van der Waals surface area (Å²) in [6, 6.07) is 4.66. The molecule has 0 aliphatic rings. The second kappa shape index (κ2) is 11.3. The van der Waals surface area contributed by atoms with Gasteiger partial charge in [-0.25, -0.2) is 4.98 Å². The zero-order valence-corrected chi connectivity index (χ0v) is 19.3. The van der Waals surface area contributed by atoms with Gasteiger partial charge in [-0.05, 0) is 38.5 Å². The standard InChI is InChI=1S/C20H24Cl2N4O3S/c1-4-7-26(19(29)13-5-6-15(21)16(22)8-13)10-18(28)25-20-24-14(11-30-20)9-17(27)23-12(2)3/h5-6,8,11-12H,4,7,9-10H2,1-3H3,(H,23,27)(H,24,25,28). The van der Waals surface area contributed by atoms with Gasteiger partial charge < -0.3 is 15.5 Å². The summed E-state index contributed by atoms with van der Waals surface area (Å²) in [5.74, 6) is -0.810. The molecule has 1 heterocycles. The van der Waals surface area contributed by atoms with Crippen LogP contribution in [0.5, 0.6) is 0 Å². The van der Waals surface area contributed by atoms with E-state index >= 15 is 0 Å². The van der Waals surface area contributed by atoms with E-state index in [4.69, 9.17) is 23.2 Å². The van der Waals surface area contributed by atoms with Crippen LogP contribution < -0.4 is 10.6 Å². The molecule has 0 atom stereocenters. The molecule has 0 aliphatic heterocycles. The number of halogens is 2. The number of carbonyl (C=O) groups is 3. The molecule has 7 nitrogen and oxygen atoms in total. The first-order valence-corrected chi connectivity index (χ1v) is 11.1. The molecule has 0 spiro atoms. The minimum Gasteiger partial charge on any atom is -0.354 e. The lowest BCUT2D eigenvalue weighted by Crippen LogP contribution is -2.38. The molecule has 2 aromatic rings. The Labute approximate surface area is 189 Å². The summed E-state index contributed by atoms with van der Waals surface area (Å²) in [6.07, 6.45) is 0.828. The van der Waals surface area contributed by atoms with Crippen LogP contribution in [0.25, 0.3) is 0 Å². The predicted molar refractivity (Wildman–Crippen MR) is 120 cm³/mol. The largest absolute Gasteiger partial charge is 0.354 e. The highest BCUT2D eigenvalue weighted by atomic mass is 35.5. The summed E-state index contributed by atoms with van der Waals surface area (Å²) in [5.41, 5.74) is 0.934. The van der Waals surface area contributed by atoms with E-state index in [-0.39, 0.29) is 41.8 Å². The summed E-state index contributed by atoms with van der Waals surface area (Å²) >= 11 is 13.1. The summed E-state index contributed by atoms with van der Waals surface area (Å²) < 4.78 is 0. The summed E-state index contributed by atoms with van der Waals surface area (Å²) in [5, 5.41) is 8.22. The average molecular weight is 471 g/mol. The van der Waals surface area contributed by atoms with Crippen molar-refractivity contribution in [2.24, 2.45) is 0 Å². The molecule has 0 fully saturated rings. The molecule has 162 valence electrons. The normalized spacial score (nSPS) is 10.7. The first kappa shape index (κ1) is 24.1. The van der Waals surface area contributed by atoms with E-state index in [1.807, 2.05) is 20.8 Å². The molecule has 0 saturated heterocycles. The molecule has 3 amide bonds. The molecule has 1 aromatic heterocycles. The van der Waals surface area contributed by atoms with Crippen molar-refractivity contribution in [1.29, 1.82) is 0 Å². The Hall–Kier alpha value is -2.16. The van der Waals surface area contributed by atoms with Crippen molar-refractivity contribution in [3.8, 4) is 0 Å². The zero-order valence-electron chi connectivity index (χ0n) is 17.0. The number of nitrogens with one attached hydrogen (secondary N) is 2. The van der Waals surface area contributed by atoms with Crippen molar-refractivity contribution >= 4 is 57.4 Å². The highest BCUT2D eigenvalue weighted by Crippen LogP contribution is 2.23. The van der Waals surface area contributed by atoms with Crippen molar-refractivity contribution < 1.29 is 14.4 Å². The fourth-order valence-corrected chi connectivity index (χ4v) is 3.67. The summed E-state index contributed by atoms with van der Waals surface area (Å²) in [4.78, 5) is 42.8. The van der Waals surface area contributed by atoms with E-state index in [9.17, 15) is 14.4 Å². The highest BCUT2D eigenvalue weighted by molar-refractivity contribution is 7.13. The average Bonchev–Trinajstić information content (AvgIpc) is 3.08. The van der Waals surface area contributed by atoms with Gasteiger partial charge in [0.2, 0.25) is 11.8 Å². The molecule has 0 saturated carbocycles. The van der Waals surface area contributed by atoms with E-state index in [0.29, 0.717) is 34.4 Å². The summed E-state index contributed by atoms with van der Waals surface area (Å²) in [7, 11) is 0.